The number of nitrogens with zero attached hydrogens (tertiary/aromatic N) is 1. The summed E-state index contributed by atoms with van der Waals surface area (Å²) in [5.41, 5.74) is 1.68. The molecule has 32 heavy (non-hydrogen) atoms. The number of hydrogen-bond donors (Lipinski definition) is 1. The lowest BCUT2D eigenvalue weighted by molar-refractivity contribution is -0.112. The van der Waals surface area contributed by atoms with Crippen LogP contribution in [0.1, 0.15) is 11.1 Å². The van der Waals surface area contributed by atoms with E-state index in [2.05, 4.69) is 5.32 Å². The summed E-state index contributed by atoms with van der Waals surface area (Å²) in [6.45, 7) is 0.473. The molecule has 0 fully saturated rings. The number of rotatable bonds is 6. The summed E-state index contributed by atoms with van der Waals surface area (Å²) in [5, 5.41) is 12.7. The number of ether oxygens (including phenoxy) is 3. The molecule has 8 heteroatoms. The summed E-state index contributed by atoms with van der Waals surface area (Å²) in [4.78, 5) is 12.6. The maximum Gasteiger partial charge on any atom is 0.266 e. The van der Waals surface area contributed by atoms with Crippen molar-refractivity contribution < 1.29 is 19.0 Å². The van der Waals surface area contributed by atoms with Crippen LogP contribution in [0, 0.1) is 11.3 Å². The minimum Gasteiger partial charge on any atom is -0.488 e. The molecule has 0 unspecified atom stereocenters. The lowest BCUT2D eigenvalue weighted by atomic mass is 10.1. The number of amides is 1. The monoisotopic (exact) mass is 466 g/mol. The molecule has 0 atom stereocenters. The van der Waals surface area contributed by atoms with E-state index in [1.165, 1.54) is 6.08 Å². The van der Waals surface area contributed by atoms with Crippen molar-refractivity contribution in [3.05, 3.63) is 87.4 Å². The van der Waals surface area contributed by atoms with Gasteiger partial charge in [-0.05, 0) is 42.0 Å². The Bertz CT molecular complexity index is 1250. The van der Waals surface area contributed by atoms with Crippen molar-refractivity contribution in [2.24, 2.45) is 0 Å². The summed E-state index contributed by atoms with van der Waals surface area (Å²) in [7, 11) is 0. The summed E-state index contributed by atoms with van der Waals surface area (Å²) in [5.74, 6) is 1.28. The van der Waals surface area contributed by atoms with E-state index in [9.17, 15) is 10.1 Å². The van der Waals surface area contributed by atoms with Gasteiger partial charge in [-0.2, -0.15) is 5.26 Å². The third-order valence-corrected chi connectivity index (χ3v) is 5.43. The van der Waals surface area contributed by atoms with Crippen LogP contribution in [0.5, 0.6) is 17.2 Å². The van der Waals surface area contributed by atoms with Crippen molar-refractivity contribution in [2.45, 2.75) is 6.61 Å². The molecule has 1 aliphatic rings. The number of benzene rings is 3. The van der Waals surface area contributed by atoms with Gasteiger partial charge in [-0.25, -0.2) is 0 Å². The number of carbonyl (C=O) groups excluding carboxylic acids is 1. The number of anilines is 1. The smallest absolute Gasteiger partial charge is 0.266 e. The first-order valence-corrected chi connectivity index (χ1v) is 10.3. The normalized spacial score (nSPS) is 12.2. The Kier molecular flexibility index (Phi) is 6.50. The summed E-state index contributed by atoms with van der Waals surface area (Å²) in [6, 6.07) is 19.5. The average molecular weight is 467 g/mol. The Hall–Kier alpha value is -3.66. The Morgan fingerprint density at radius 2 is 1.91 bits per heavy atom. The lowest BCUT2D eigenvalue weighted by Crippen LogP contribution is -2.13. The van der Waals surface area contributed by atoms with Crippen LogP contribution in [0.25, 0.3) is 6.08 Å². The van der Waals surface area contributed by atoms with Crippen LogP contribution in [-0.2, 0) is 11.4 Å². The quantitative estimate of drug-likeness (QED) is 0.364. The molecule has 0 radical (unpaired) electrons. The molecule has 3 aromatic rings. The fourth-order valence-corrected chi connectivity index (χ4v) is 3.36. The topological polar surface area (TPSA) is 80.6 Å². The molecular weight excluding hydrogens is 451 g/mol. The molecule has 0 aromatic heterocycles. The van der Waals surface area contributed by atoms with Crippen molar-refractivity contribution in [1.82, 2.24) is 0 Å². The maximum atomic E-state index is 12.6. The number of halogens is 2. The average Bonchev–Trinajstić information content (AvgIpc) is 3.27. The molecule has 0 bridgehead atoms. The van der Waals surface area contributed by atoms with Crippen LogP contribution in [0.3, 0.4) is 0 Å². The Labute approximate surface area is 194 Å². The molecule has 160 valence electrons. The second-order valence-corrected chi connectivity index (χ2v) is 7.52. The van der Waals surface area contributed by atoms with Gasteiger partial charge in [0.1, 0.15) is 24.0 Å². The van der Waals surface area contributed by atoms with Gasteiger partial charge in [0.05, 0.1) is 15.7 Å². The van der Waals surface area contributed by atoms with Crippen LogP contribution in [0.2, 0.25) is 10.0 Å². The van der Waals surface area contributed by atoms with E-state index in [1.54, 1.807) is 36.4 Å². The van der Waals surface area contributed by atoms with E-state index >= 15 is 0 Å². The molecule has 3 aromatic carbocycles. The number of nitrogens with one attached hydrogen (secondary N) is 1. The van der Waals surface area contributed by atoms with Gasteiger partial charge < -0.3 is 19.5 Å². The molecule has 1 amide bonds. The first-order chi connectivity index (χ1) is 15.5. The van der Waals surface area contributed by atoms with Gasteiger partial charge in [-0.15, -0.1) is 0 Å². The molecule has 1 N–H and O–H groups in total. The Morgan fingerprint density at radius 1 is 1.09 bits per heavy atom. The number of hydrogen-bond acceptors (Lipinski definition) is 5. The first-order valence-electron chi connectivity index (χ1n) is 9.52. The predicted molar refractivity (Wildman–Crippen MR) is 122 cm³/mol. The maximum absolute atomic E-state index is 12.6. The van der Waals surface area contributed by atoms with Gasteiger partial charge in [-0.3, -0.25) is 4.79 Å². The van der Waals surface area contributed by atoms with Crippen molar-refractivity contribution >= 4 is 40.9 Å². The highest BCUT2D eigenvalue weighted by Crippen LogP contribution is 2.33. The minimum atomic E-state index is -0.609. The molecule has 1 aliphatic heterocycles. The van der Waals surface area contributed by atoms with E-state index < -0.39 is 5.91 Å². The van der Waals surface area contributed by atoms with Crippen LogP contribution >= 0.6 is 23.2 Å². The van der Waals surface area contributed by atoms with Crippen molar-refractivity contribution in [3.63, 3.8) is 0 Å². The molecular formula is C24H16Cl2N2O4. The fraction of sp³-hybridized carbons (Fsp3) is 0.0833. The van der Waals surface area contributed by atoms with Gasteiger partial charge in [0, 0.05) is 5.56 Å². The third kappa shape index (κ3) is 4.80. The first kappa shape index (κ1) is 21.6. The molecule has 0 saturated heterocycles. The summed E-state index contributed by atoms with van der Waals surface area (Å²) < 4.78 is 16.6. The molecule has 1 heterocycles. The predicted octanol–water partition coefficient (Wildman–Crippen LogP) is 5.85. The number of fused-ring (bicyclic) bond motifs is 1. The second-order valence-electron chi connectivity index (χ2n) is 6.74. The van der Waals surface area contributed by atoms with Gasteiger partial charge >= 0.3 is 0 Å². The number of carbonyl (C=O) groups is 1. The Balaban J connectivity index is 1.52. The largest absolute Gasteiger partial charge is 0.488 e. The standard InChI is InChI=1S/C24H16Cl2N2O4/c25-18-5-3-6-19(23(18)26)28-24(29)17(12-27)11-16-4-1-2-7-20(16)30-13-15-8-9-21-22(10-15)32-14-31-21/h1-11H,13-14H2,(H,28,29)/b17-11-. The molecule has 0 saturated carbocycles. The van der Waals surface area contributed by atoms with Crippen LogP contribution in [0.15, 0.2) is 66.2 Å². The van der Waals surface area contributed by atoms with Crippen molar-refractivity contribution in [2.75, 3.05) is 12.1 Å². The van der Waals surface area contributed by atoms with Crippen molar-refractivity contribution in [3.8, 4) is 23.3 Å². The SMILES string of the molecule is N#C/C(=C/c1ccccc1OCc1ccc2c(c1)OCO2)C(=O)Nc1cccc(Cl)c1Cl. The number of para-hydroxylation sites is 1. The van der Waals surface area contributed by atoms with Gasteiger partial charge in [-0.1, -0.05) is 53.5 Å². The van der Waals surface area contributed by atoms with Crippen LogP contribution in [0.4, 0.5) is 5.69 Å². The van der Waals surface area contributed by atoms with E-state index in [-0.39, 0.29) is 24.0 Å². The minimum absolute atomic E-state index is 0.111. The summed E-state index contributed by atoms with van der Waals surface area (Å²) >= 11 is 12.1. The van der Waals surface area contributed by atoms with E-state index in [1.807, 2.05) is 30.3 Å². The second kappa shape index (κ2) is 9.65. The molecule has 0 spiro atoms. The van der Waals surface area contributed by atoms with E-state index in [0.29, 0.717) is 33.5 Å². The van der Waals surface area contributed by atoms with Gasteiger partial charge in [0.15, 0.2) is 11.5 Å². The number of nitriles is 1. The van der Waals surface area contributed by atoms with E-state index in [0.717, 1.165) is 5.56 Å². The highest BCUT2D eigenvalue weighted by atomic mass is 35.5. The zero-order valence-corrected chi connectivity index (χ0v) is 18.1. The lowest BCUT2D eigenvalue weighted by Gasteiger charge is -2.11. The zero-order chi connectivity index (χ0) is 22.5. The summed E-state index contributed by atoms with van der Waals surface area (Å²) in [6.07, 6.45) is 1.46. The van der Waals surface area contributed by atoms with Crippen molar-refractivity contribution in [1.29, 1.82) is 5.26 Å². The van der Waals surface area contributed by atoms with Gasteiger partial charge in [0.2, 0.25) is 6.79 Å². The molecule has 4 rings (SSSR count). The molecule has 0 aliphatic carbocycles. The van der Waals surface area contributed by atoms with Gasteiger partial charge in [0.25, 0.3) is 5.91 Å². The Morgan fingerprint density at radius 3 is 2.75 bits per heavy atom. The third-order valence-electron chi connectivity index (χ3n) is 4.62. The molecule has 6 nitrogen and oxygen atoms in total. The highest BCUT2D eigenvalue weighted by Gasteiger charge is 2.15. The van der Waals surface area contributed by atoms with E-state index in [4.69, 9.17) is 37.4 Å². The highest BCUT2D eigenvalue weighted by molar-refractivity contribution is 6.44. The van der Waals surface area contributed by atoms with Crippen LogP contribution < -0.4 is 19.5 Å². The fourth-order valence-electron chi connectivity index (χ4n) is 3.02. The zero-order valence-electron chi connectivity index (χ0n) is 16.6. The van der Waals surface area contributed by atoms with Crippen LogP contribution in [-0.4, -0.2) is 12.7 Å².